The van der Waals surface area contributed by atoms with Crippen molar-refractivity contribution in [2.24, 2.45) is 0 Å². The summed E-state index contributed by atoms with van der Waals surface area (Å²) in [5.41, 5.74) is 17.5. The number of rotatable bonds is 8. The van der Waals surface area contributed by atoms with Crippen LogP contribution in [0.4, 0.5) is 0 Å². The molecule has 0 atom stereocenters. The van der Waals surface area contributed by atoms with E-state index in [2.05, 4.69) is 253 Å². The third-order valence-electron chi connectivity index (χ3n) is 13.4. The van der Waals surface area contributed by atoms with Gasteiger partial charge in [-0.1, -0.05) is 206 Å². The van der Waals surface area contributed by atoms with Crippen LogP contribution in [0.5, 0.6) is 0 Å². The molecule has 0 bridgehead atoms. The third kappa shape index (κ3) is 7.06. The van der Waals surface area contributed by atoms with Gasteiger partial charge in [0.15, 0.2) is 5.82 Å². The Morgan fingerprint density at radius 2 is 0.725 bits per heavy atom. The van der Waals surface area contributed by atoms with E-state index in [1.807, 2.05) is 6.07 Å². The maximum Gasteiger partial charge on any atom is 0.160 e. The number of fused-ring (bicyclic) bond motifs is 7. The van der Waals surface area contributed by atoms with Gasteiger partial charge in [-0.2, -0.15) is 0 Å². The Hall–Kier alpha value is -9.25. The van der Waals surface area contributed by atoms with E-state index in [1.54, 1.807) is 0 Å². The van der Waals surface area contributed by atoms with E-state index in [1.165, 1.54) is 21.7 Å². The van der Waals surface area contributed by atoms with Crippen molar-refractivity contribution < 1.29 is 0 Å². The van der Waals surface area contributed by atoms with Gasteiger partial charge in [0, 0.05) is 60.4 Å². The van der Waals surface area contributed by atoms with Crippen LogP contribution in [0.25, 0.3) is 128 Å². The quantitative estimate of drug-likeness (QED) is 0.143. The summed E-state index contributed by atoms with van der Waals surface area (Å²) in [6, 6.07) is 90.4. The zero-order valence-electron chi connectivity index (χ0n) is 37.5. The zero-order valence-corrected chi connectivity index (χ0v) is 37.5. The molecule has 0 aliphatic heterocycles. The highest BCUT2D eigenvalue weighted by Gasteiger charge is 2.24. The lowest BCUT2D eigenvalue weighted by molar-refractivity contribution is 1.18. The van der Waals surface area contributed by atoms with Crippen molar-refractivity contribution in [3.63, 3.8) is 0 Å². The zero-order chi connectivity index (χ0) is 45.7. The minimum absolute atomic E-state index is 0.664. The minimum atomic E-state index is 0.664. The Morgan fingerprint density at radius 1 is 0.261 bits per heavy atom. The highest BCUT2D eigenvalue weighted by Crippen LogP contribution is 2.45. The number of aromatic nitrogens is 4. The normalized spacial score (nSPS) is 11.5. The fraction of sp³-hybridized carbons (Fsp3) is 0. The summed E-state index contributed by atoms with van der Waals surface area (Å²) in [5, 5.41) is 5.83. The monoisotopic (exact) mass is 878 g/mol. The van der Waals surface area contributed by atoms with Crippen LogP contribution in [0.2, 0.25) is 0 Å². The van der Waals surface area contributed by atoms with E-state index in [0.29, 0.717) is 5.82 Å². The molecule has 13 rings (SSSR count). The molecule has 0 saturated heterocycles. The fourth-order valence-electron chi connectivity index (χ4n) is 10.2. The van der Waals surface area contributed by atoms with E-state index in [-0.39, 0.29) is 0 Å². The lowest BCUT2D eigenvalue weighted by Crippen LogP contribution is -2.01. The van der Waals surface area contributed by atoms with Crippen LogP contribution >= 0.6 is 0 Å². The van der Waals surface area contributed by atoms with Gasteiger partial charge in [-0.05, 0) is 76.3 Å². The summed E-state index contributed by atoms with van der Waals surface area (Å²) < 4.78 is 2.39. The lowest BCUT2D eigenvalue weighted by atomic mass is 9.90. The number of benzene rings is 10. The predicted molar refractivity (Wildman–Crippen MR) is 287 cm³/mol. The predicted octanol–water partition coefficient (Wildman–Crippen LogP) is 16.9. The van der Waals surface area contributed by atoms with Crippen molar-refractivity contribution in [1.82, 2.24) is 19.5 Å². The Labute approximate surface area is 400 Å². The summed E-state index contributed by atoms with van der Waals surface area (Å²) in [7, 11) is 0. The molecule has 0 aliphatic carbocycles. The van der Waals surface area contributed by atoms with Gasteiger partial charge in [0.25, 0.3) is 0 Å². The lowest BCUT2D eigenvalue weighted by Gasteiger charge is -2.19. The molecule has 0 radical (unpaired) electrons. The van der Waals surface area contributed by atoms with Crippen molar-refractivity contribution in [2.75, 3.05) is 0 Å². The molecule has 0 unspecified atom stereocenters. The molecule has 0 spiro atoms. The largest absolute Gasteiger partial charge is 0.309 e. The first-order valence-electron chi connectivity index (χ1n) is 23.4. The summed E-state index contributed by atoms with van der Waals surface area (Å²) in [5.74, 6) is 0.664. The number of hydrogen-bond donors (Lipinski definition) is 0. The molecule has 0 N–H and O–H groups in total. The summed E-state index contributed by atoms with van der Waals surface area (Å²) in [6.07, 6.45) is 0. The van der Waals surface area contributed by atoms with E-state index in [9.17, 15) is 0 Å². The molecule has 10 aromatic carbocycles. The van der Waals surface area contributed by atoms with Gasteiger partial charge in [0.05, 0.1) is 33.6 Å². The third-order valence-corrected chi connectivity index (χ3v) is 13.4. The first kappa shape index (κ1) is 40.1. The van der Waals surface area contributed by atoms with Crippen molar-refractivity contribution in [3.05, 3.63) is 255 Å². The smallest absolute Gasteiger partial charge is 0.160 e. The average molecular weight is 879 g/mol. The summed E-state index contributed by atoms with van der Waals surface area (Å²) in [6.45, 7) is 0. The van der Waals surface area contributed by atoms with Crippen LogP contribution in [0.3, 0.4) is 0 Å². The van der Waals surface area contributed by atoms with Crippen LogP contribution in [0.15, 0.2) is 255 Å². The number of hydrogen-bond acceptors (Lipinski definition) is 3. The van der Waals surface area contributed by atoms with Crippen molar-refractivity contribution in [1.29, 1.82) is 0 Å². The van der Waals surface area contributed by atoms with Crippen LogP contribution in [-0.2, 0) is 0 Å². The molecule has 4 heteroatoms. The van der Waals surface area contributed by atoms with E-state index in [0.717, 1.165) is 100 Å². The molecule has 0 saturated carbocycles. The van der Waals surface area contributed by atoms with E-state index < -0.39 is 0 Å². The van der Waals surface area contributed by atoms with Gasteiger partial charge >= 0.3 is 0 Å². The van der Waals surface area contributed by atoms with Gasteiger partial charge < -0.3 is 4.57 Å². The molecule has 3 aromatic heterocycles. The molecule has 0 fully saturated rings. The SMILES string of the molecule is c1ccc(-c2cccc(-c3nc(-c4ccccc4)nc(-c4cccc(-c5ccccc5)c4)c3-c3cccc(-c4nc5ccccc5c5c4ccc4c5c5ccccc5n4-c4ccccc4)c3)c2)cc1. The Bertz CT molecular complexity index is 3940. The summed E-state index contributed by atoms with van der Waals surface area (Å²) >= 11 is 0. The number of para-hydroxylation sites is 3. The molecule has 322 valence electrons. The highest BCUT2D eigenvalue weighted by molar-refractivity contribution is 6.29. The fourth-order valence-corrected chi connectivity index (χ4v) is 10.2. The first-order valence-corrected chi connectivity index (χ1v) is 23.4. The minimum Gasteiger partial charge on any atom is -0.309 e. The van der Waals surface area contributed by atoms with Crippen molar-refractivity contribution in [3.8, 4) is 84.2 Å². The molecule has 0 aliphatic rings. The van der Waals surface area contributed by atoms with Gasteiger partial charge in [0.1, 0.15) is 0 Å². The molecule has 0 amide bonds. The summed E-state index contributed by atoms with van der Waals surface area (Å²) in [4.78, 5) is 16.6. The Balaban J connectivity index is 1.09. The Morgan fingerprint density at radius 3 is 1.35 bits per heavy atom. The first-order chi connectivity index (χ1) is 34.2. The number of pyridine rings is 1. The standard InChI is InChI=1S/C65H42N4/c1-5-20-43(21-6-1)46-26-17-30-50(40-46)63-59(64(68-65(67-63)45-24-9-3-10-25-45)51-31-18-27-47(41-51)44-22-7-2-8-23-44)48-28-19-29-49(42-48)62-55-38-39-58-61(60(55)53-34-13-15-36-56(53)66-62)54-35-14-16-37-57(54)69(58)52-32-11-4-12-33-52/h1-42H. The molecule has 3 heterocycles. The van der Waals surface area contributed by atoms with E-state index in [4.69, 9.17) is 15.0 Å². The van der Waals surface area contributed by atoms with Crippen molar-refractivity contribution in [2.45, 2.75) is 0 Å². The second-order valence-corrected chi connectivity index (χ2v) is 17.5. The van der Waals surface area contributed by atoms with Gasteiger partial charge in [0.2, 0.25) is 0 Å². The van der Waals surface area contributed by atoms with Gasteiger partial charge in [-0.3, -0.25) is 0 Å². The molecule has 4 nitrogen and oxygen atoms in total. The molecule has 13 aromatic rings. The molecular weight excluding hydrogens is 837 g/mol. The van der Waals surface area contributed by atoms with Gasteiger partial charge in [-0.15, -0.1) is 0 Å². The molecule has 69 heavy (non-hydrogen) atoms. The maximum atomic E-state index is 5.55. The van der Waals surface area contributed by atoms with Crippen molar-refractivity contribution >= 4 is 43.5 Å². The van der Waals surface area contributed by atoms with Crippen LogP contribution < -0.4 is 0 Å². The topological polar surface area (TPSA) is 43.6 Å². The second kappa shape index (κ2) is 16.9. The number of nitrogens with zero attached hydrogens (tertiary/aromatic N) is 4. The maximum absolute atomic E-state index is 5.55. The average Bonchev–Trinajstić information content (AvgIpc) is 3.78. The highest BCUT2D eigenvalue weighted by atomic mass is 15.0. The second-order valence-electron chi connectivity index (χ2n) is 17.5. The van der Waals surface area contributed by atoms with E-state index >= 15 is 0 Å². The van der Waals surface area contributed by atoms with Crippen LogP contribution in [-0.4, -0.2) is 19.5 Å². The molecular formula is C65H42N4. The van der Waals surface area contributed by atoms with Gasteiger partial charge in [-0.25, -0.2) is 15.0 Å². The van der Waals surface area contributed by atoms with Crippen LogP contribution in [0.1, 0.15) is 0 Å². The van der Waals surface area contributed by atoms with Crippen LogP contribution in [0, 0.1) is 0 Å². The Kier molecular flexibility index (Phi) is 9.80.